The Labute approximate surface area is 222 Å². The summed E-state index contributed by atoms with van der Waals surface area (Å²) in [5, 5.41) is 1.11. The van der Waals surface area contributed by atoms with Crippen LogP contribution in [0.4, 0.5) is 0 Å². The van der Waals surface area contributed by atoms with Crippen LogP contribution in [0.3, 0.4) is 0 Å². The third-order valence-corrected chi connectivity index (χ3v) is 7.55. The molecule has 200 valence electrons. The van der Waals surface area contributed by atoms with E-state index in [-0.39, 0.29) is 24.3 Å². The van der Waals surface area contributed by atoms with E-state index in [2.05, 4.69) is 29.1 Å². The number of benzene rings is 2. The molecule has 3 aromatic rings. The van der Waals surface area contributed by atoms with Crippen molar-refractivity contribution in [2.75, 3.05) is 20.2 Å². The number of amides is 3. The van der Waals surface area contributed by atoms with Crippen LogP contribution in [-0.2, 0) is 32.3 Å². The number of carbonyl (C=O) groups is 3. The Hall–Kier alpha value is -3.69. The van der Waals surface area contributed by atoms with Gasteiger partial charge in [0, 0.05) is 48.8 Å². The minimum absolute atomic E-state index is 0.0576. The number of aromatic nitrogens is 1. The predicted octanol–water partition coefficient (Wildman–Crippen LogP) is 3.38. The molecule has 9 heteroatoms. The van der Waals surface area contributed by atoms with Crippen LogP contribution < -0.4 is 5.48 Å². The number of para-hydroxylation sites is 1. The van der Waals surface area contributed by atoms with Gasteiger partial charge in [-0.25, -0.2) is 10.3 Å². The zero-order chi connectivity index (χ0) is 26.8. The van der Waals surface area contributed by atoms with E-state index in [0.717, 1.165) is 47.0 Å². The minimum Gasteiger partial charge on any atom is -0.350 e. The molecule has 0 radical (unpaired) electrons. The average molecular weight is 519 g/mol. The number of hydrogen-bond acceptors (Lipinski definition) is 5. The highest BCUT2D eigenvalue weighted by Crippen LogP contribution is 2.29. The van der Waals surface area contributed by atoms with Crippen LogP contribution in [0.5, 0.6) is 0 Å². The molecule has 2 unspecified atom stereocenters. The summed E-state index contributed by atoms with van der Waals surface area (Å²) in [6.45, 7) is 5.48. The molecule has 0 aliphatic carbocycles. The van der Waals surface area contributed by atoms with Crippen molar-refractivity contribution in [1.82, 2.24) is 19.8 Å². The lowest BCUT2D eigenvalue weighted by atomic mass is 10.1. The van der Waals surface area contributed by atoms with Gasteiger partial charge in [-0.15, -0.1) is 0 Å². The molecule has 1 N–H and O–H groups in total. The van der Waals surface area contributed by atoms with E-state index < -0.39 is 12.3 Å². The summed E-state index contributed by atoms with van der Waals surface area (Å²) in [5.41, 5.74) is 7.14. The van der Waals surface area contributed by atoms with E-state index in [1.165, 1.54) is 4.90 Å². The van der Waals surface area contributed by atoms with E-state index in [1.54, 1.807) is 31.0 Å². The number of ether oxygens (including phenoxy) is 1. The van der Waals surface area contributed by atoms with Gasteiger partial charge >= 0.3 is 0 Å². The molecule has 0 bridgehead atoms. The lowest BCUT2D eigenvalue weighted by Gasteiger charge is -2.37. The van der Waals surface area contributed by atoms with Crippen molar-refractivity contribution >= 4 is 28.6 Å². The zero-order valence-corrected chi connectivity index (χ0v) is 22.1. The Morgan fingerprint density at radius 3 is 2.58 bits per heavy atom. The van der Waals surface area contributed by atoms with Crippen LogP contribution in [-0.4, -0.2) is 64.6 Å². The topological polar surface area (TPSA) is 93.1 Å². The Morgan fingerprint density at radius 2 is 1.84 bits per heavy atom. The van der Waals surface area contributed by atoms with Crippen molar-refractivity contribution < 1.29 is 24.0 Å². The maximum atomic E-state index is 12.9. The fourth-order valence-corrected chi connectivity index (χ4v) is 5.27. The number of hydroxylamine groups is 1. The number of fused-ring (bicyclic) bond motifs is 1. The second kappa shape index (κ2) is 11.0. The molecule has 3 heterocycles. The second-order valence-electron chi connectivity index (χ2n) is 10.1. The van der Waals surface area contributed by atoms with E-state index in [9.17, 15) is 14.4 Å². The number of aryl methyl sites for hydroxylation is 1. The Bertz CT molecular complexity index is 1340. The van der Waals surface area contributed by atoms with Gasteiger partial charge in [-0.05, 0) is 56.0 Å². The first-order valence-electron chi connectivity index (χ1n) is 13.1. The van der Waals surface area contributed by atoms with Crippen molar-refractivity contribution in [1.29, 1.82) is 0 Å². The molecule has 2 aliphatic heterocycles. The van der Waals surface area contributed by atoms with Gasteiger partial charge in [0.25, 0.3) is 5.91 Å². The van der Waals surface area contributed by atoms with Crippen molar-refractivity contribution in [3.8, 4) is 0 Å². The Balaban J connectivity index is 1.36. The van der Waals surface area contributed by atoms with Crippen LogP contribution in [0.2, 0.25) is 0 Å². The first-order valence-corrected chi connectivity index (χ1v) is 13.1. The molecule has 5 rings (SSSR count). The highest BCUT2D eigenvalue weighted by atomic mass is 16.8. The molecular formula is C29H34N4O5. The Kier molecular flexibility index (Phi) is 7.49. The molecule has 38 heavy (non-hydrogen) atoms. The molecule has 0 spiro atoms. The van der Waals surface area contributed by atoms with Gasteiger partial charge in [0.1, 0.15) is 6.04 Å². The van der Waals surface area contributed by atoms with Gasteiger partial charge in [-0.3, -0.25) is 14.4 Å². The minimum atomic E-state index is -0.522. The number of likely N-dealkylation sites (N-methyl/N-ethyl adjacent to an activating group) is 1. The number of carbonyl (C=O) groups excluding carboxylic acids is 3. The monoisotopic (exact) mass is 518 g/mol. The summed E-state index contributed by atoms with van der Waals surface area (Å²) in [5.74, 6) is -0.439. The highest BCUT2D eigenvalue weighted by Gasteiger charge is 2.35. The highest BCUT2D eigenvalue weighted by molar-refractivity contribution is 5.95. The van der Waals surface area contributed by atoms with Crippen molar-refractivity contribution in [2.45, 2.75) is 58.5 Å². The van der Waals surface area contributed by atoms with Gasteiger partial charge in [-0.2, -0.15) is 0 Å². The smallest absolute Gasteiger partial charge is 0.274 e. The lowest BCUT2D eigenvalue weighted by molar-refractivity contribution is -0.186. The predicted molar refractivity (Wildman–Crippen MR) is 142 cm³/mol. The van der Waals surface area contributed by atoms with Gasteiger partial charge < -0.3 is 19.1 Å². The third kappa shape index (κ3) is 5.16. The molecule has 2 aliphatic rings. The standard InChI is InChI=1S/C29H34N4O5/c1-19-23-8-4-5-9-24(23)33(25(19)17-32-20(2)29(36)31(3)18-26(32)34)16-21-11-13-22(14-12-21)28(35)30-38-27-10-6-7-15-37-27/h4-5,8-9,11-14,20,27H,6-7,10,15-18H2,1-3H3,(H,30,35). The van der Waals surface area contributed by atoms with Crippen molar-refractivity contribution in [3.05, 3.63) is 70.9 Å². The molecular weight excluding hydrogens is 484 g/mol. The van der Waals surface area contributed by atoms with Crippen molar-refractivity contribution in [2.24, 2.45) is 0 Å². The number of hydrogen-bond donors (Lipinski definition) is 1. The molecule has 2 atom stereocenters. The molecule has 2 fully saturated rings. The maximum Gasteiger partial charge on any atom is 0.274 e. The summed E-state index contributed by atoms with van der Waals surface area (Å²) < 4.78 is 7.69. The summed E-state index contributed by atoms with van der Waals surface area (Å²) in [6, 6.07) is 15.0. The molecule has 0 saturated carbocycles. The molecule has 9 nitrogen and oxygen atoms in total. The van der Waals surface area contributed by atoms with Crippen LogP contribution in [0, 0.1) is 6.92 Å². The summed E-state index contributed by atoms with van der Waals surface area (Å²) >= 11 is 0. The first-order chi connectivity index (χ1) is 18.3. The van der Waals surface area contributed by atoms with E-state index >= 15 is 0 Å². The third-order valence-electron chi connectivity index (χ3n) is 7.55. The lowest BCUT2D eigenvalue weighted by Crippen LogP contribution is -2.57. The molecule has 3 amide bonds. The molecule has 1 aromatic heterocycles. The van der Waals surface area contributed by atoms with E-state index in [4.69, 9.17) is 9.57 Å². The maximum absolute atomic E-state index is 12.9. The van der Waals surface area contributed by atoms with Crippen LogP contribution >= 0.6 is 0 Å². The summed E-state index contributed by atoms with van der Waals surface area (Å²) in [7, 11) is 1.66. The van der Waals surface area contributed by atoms with Gasteiger partial charge in [0.15, 0.2) is 6.29 Å². The average Bonchev–Trinajstić information content (AvgIpc) is 3.19. The number of rotatable bonds is 7. The zero-order valence-electron chi connectivity index (χ0n) is 22.1. The van der Waals surface area contributed by atoms with Crippen molar-refractivity contribution in [3.63, 3.8) is 0 Å². The second-order valence-corrected chi connectivity index (χ2v) is 10.1. The fourth-order valence-electron chi connectivity index (χ4n) is 5.27. The number of nitrogens with one attached hydrogen (secondary N) is 1. The van der Waals surface area contributed by atoms with E-state index in [0.29, 0.717) is 25.3 Å². The quantitative estimate of drug-likeness (QED) is 0.484. The largest absolute Gasteiger partial charge is 0.350 e. The summed E-state index contributed by atoms with van der Waals surface area (Å²) in [6.07, 6.45) is 2.39. The van der Waals surface area contributed by atoms with Gasteiger partial charge in [-0.1, -0.05) is 30.3 Å². The van der Waals surface area contributed by atoms with Crippen LogP contribution in [0.15, 0.2) is 48.5 Å². The number of piperazine rings is 1. The molecule has 2 aromatic carbocycles. The normalized spacial score (nSPS) is 20.3. The van der Waals surface area contributed by atoms with Crippen LogP contribution in [0.25, 0.3) is 10.9 Å². The van der Waals surface area contributed by atoms with Crippen LogP contribution in [0.1, 0.15) is 53.4 Å². The van der Waals surface area contributed by atoms with E-state index in [1.807, 2.05) is 24.3 Å². The number of nitrogens with zero attached hydrogens (tertiary/aromatic N) is 3. The van der Waals surface area contributed by atoms with Gasteiger partial charge in [0.05, 0.1) is 13.1 Å². The molecule has 2 saturated heterocycles. The SMILES string of the molecule is Cc1c(CN2C(=O)CN(C)C(=O)C2C)n(Cc2ccc(C(=O)NOC3CCCCO3)cc2)c2ccccc12. The summed E-state index contributed by atoms with van der Waals surface area (Å²) in [4.78, 5) is 46.6. The van der Waals surface area contributed by atoms with Gasteiger partial charge in [0.2, 0.25) is 11.8 Å². The Morgan fingerprint density at radius 1 is 1.08 bits per heavy atom. The first kappa shape index (κ1) is 25.9. The fraction of sp³-hybridized carbons (Fsp3) is 0.414.